The summed E-state index contributed by atoms with van der Waals surface area (Å²) in [6.45, 7) is 3.93. The van der Waals surface area contributed by atoms with Gasteiger partial charge < -0.3 is 4.74 Å². The van der Waals surface area contributed by atoms with Gasteiger partial charge in [-0.25, -0.2) is 4.99 Å². The molecule has 1 heterocycles. The van der Waals surface area contributed by atoms with E-state index >= 15 is 0 Å². The molecule has 0 bridgehead atoms. The number of hydrogen-bond donors (Lipinski definition) is 0. The van der Waals surface area contributed by atoms with E-state index in [9.17, 15) is 0 Å². The van der Waals surface area contributed by atoms with Crippen LogP contribution < -0.4 is 0 Å². The second-order valence-electron chi connectivity index (χ2n) is 3.39. The smallest absolute Gasteiger partial charge is 0.187 e. The van der Waals surface area contributed by atoms with Crippen molar-refractivity contribution in [2.45, 2.75) is 19.9 Å². The maximum Gasteiger partial charge on any atom is 0.187 e. The molecule has 1 aromatic carbocycles. The third kappa shape index (κ3) is 1.84. The van der Waals surface area contributed by atoms with Crippen LogP contribution in [0, 0.1) is 0 Å². The first kappa shape index (κ1) is 9.00. The van der Waals surface area contributed by atoms with Crippen molar-refractivity contribution in [2.24, 2.45) is 4.99 Å². The van der Waals surface area contributed by atoms with Crippen LogP contribution in [0.3, 0.4) is 0 Å². The highest BCUT2D eigenvalue weighted by Gasteiger charge is 2.11. The highest BCUT2D eigenvalue weighted by atomic mass is 16.5. The van der Waals surface area contributed by atoms with E-state index in [1.807, 2.05) is 43.3 Å². The van der Waals surface area contributed by atoms with Gasteiger partial charge in [0.15, 0.2) is 5.90 Å². The van der Waals surface area contributed by atoms with Crippen LogP contribution in [0.15, 0.2) is 41.4 Å². The zero-order valence-electron chi connectivity index (χ0n) is 8.40. The molecule has 1 aliphatic heterocycles. The second kappa shape index (κ2) is 3.66. The van der Waals surface area contributed by atoms with Gasteiger partial charge in [0.1, 0.15) is 5.76 Å². The molecule has 0 spiro atoms. The topological polar surface area (TPSA) is 21.6 Å². The molecule has 1 aliphatic rings. The number of aliphatic imine (C=N–C) groups is 1. The highest BCUT2D eigenvalue weighted by Crippen LogP contribution is 2.20. The standard InChI is InChI=1S/C12H13NO/c1-9-8-12(14-10(2)13-9)11-6-4-3-5-7-11/h3-9H,1-2H3. The van der Waals surface area contributed by atoms with E-state index in [-0.39, 0.29) is 6.04 Å². The minimum Gasteiger partial charge on any atom is -0.443 e. The lowest BCUT2D eigenvalue weighted by atomic mass is 10.1. The molecule has 0 N–H and O–H groups in total. The summed E-state index contributed by atoms with van der Waals surface area (Å²) in [5, 5.41) is 0. The molecule has 0 radical (unpaired) electrons. The van der Waals surface area contributed by atoms with E-state index in [1.54, 1.807) is 0 Å². The predicted molar refractivity (Wildman–Crippen MR) is 58.1 cm³/mol. The minimum absolute atomic E-state index is 0.207. The van der Waals surface area contributed by atoms with Crippen molar-refractivity contribution in [3.8, 4) is 0 Å². The van der Waals surface area contributed by atoms with E-state index in [0.717, 1.165) is 17.2 Å². The molecular weight excluding hydrogens is 174 g/mol. The molecule has 0 saturated carbocycles. The summed E-state index contributed by atoms with van der Waals surface area (Å²) in [6, 6.07) is 10.3. The Bertz CT molecular complexity index is 379. The maximum atomic E-state index is 5.55. The number of ether oxygens (including phenoxy) is 1. The highest BCUT2D eigenvalue weighted by molar-refractivity contribution is 5.82. The Hall–Kier alpha value is -1.57. The molecule has 1 aromatic rings. The van der Waals surface area contributed by atoms with Gasteiger partial charge >= 0.3 is 0 Å². The monoisotopic (exact) mass is 187 g/mol. The molecule has 0 amide bonds. The normalized spacial score (nSPS) is 20.9. The average molecular weight is 187 g/mol. The van der Waals surface area contributed by atoms with Crippen LogP contribution in [0.25, 0.3) is 5.76 Å². The molecule has 1 atom stereocenters. The van der Waals surface area contributed by atoms with Crippen LogP contribution in [0.1, 0.15) is 19.4 Å². The van der Waals surface area contributed by atoms with Gasteiger partial charge in [-0.05, 0) is 13.0 Å². The Balaban J connectivity index is 2.29. The molecule has 0 saturated heterocycles. The SMILES string of the molecule is CC1=NC(C)C=C(c2ccccc2)O1. The van der Waals surface area contributed by atoms with Crippen LogP contribution in [0.5, 0.6) is 0 Å². The van der Waals surface area contributed by atoms with Gasteiger partial charge in [-0.2, -0.15) is 0 Å². The fourth-order valence-electron chi connectivity index (χ4n) is 1.52. The Labute approximate surface area is 83.9 Å². The Morgan fingerprint density at radius 2 is 1.93 bits per heavy atom. The first-order chi connectivity index (χ1) is 6.75. The molecule has 0 fully saturated rings. The largest absolute Gasteiger partial charge is 0.443 e. The van der Waals surface area contributed by atoms with Crippen LogP contribution in [0.2, 0.25) is 0 Å². The quantitative estimate of drug-likeness (QED) is 0.662. The van der Waals surface area contributed by atoms with Crippen molar-refractivity contribution in [1.29, 1.82) is 0 Å². The second-order valence-corrected chi connectivity index (χ2v) is 3.39. The fraction of sp³-hybridized carbons (Fsp3) is 0.250. The molecule has 0 aliphatic carbocycles. The molecule has 14 heavy (non-hydrogen) atoms. The van der Waals surface area contributed by atoms with Crippen molar-refractivity contribution < 1.29 is 4.74 Å². The van der Waals surface area contributed by atoms with Gasteiger partial charge in [-0.3, -0.25) is 0 Å². The van der Waals surface area contributed by atoms with Crippen molar-refractivity contribution in [3.05, 3.63) is 42.0 Å². The molecule has 2 nitrogen and oxygen atoms in total. The molecule has 1 unspecified atom stereocenters. The van der Waals surface area contributed by atoms with Crippen LogP contribution >= 0.6 is 0 Å². The Kier molecular flexibility index (Phi) is 2.35. The van der Waals surface area contributed by atoms with E-state index in [2.05, 4.69) is 11.9 Å². The average Bonchev–Trinajstić information content (AvgIpc) is 2.18. The summed E-state index contributed by atoms with van der Waals surface area (Å²) < 4.78 is 5.55. The zero-order chi connectivity index (χ0) is 9.97. The summed E-state index contributed by atoms with van der Waals surface area (Å²) >= 11 is 0. The first-order valence-electron chi connectivity index (χ1n) is 4.75. The van der Waals surface area contributed by atoms with E-state index < -0.39 is 0 Å². The zero-order valence-corrected chi connectivity index (χ0v) is 8.40. The van der Waals surface area contributed by atoms with Crippen molar-refractivity contribution >= 4 is 11.7 Å². The summed E-state index contributed by atoms with van der Waals surface area (Å²) in [7, 11) is 0. The van der Waals surface area contributed by atoms with E-state index in [4.69, 9.17) is 4.74 Å². The van der Waals surface area contributed by atoms with Crippen molar-refractivity contribution in [1.82, 2.24) is 0 Å². The van der Waals surface area contributed by atoms with Gasteiger partial charge in [0.2, 0.25) is 0 Å². The summed E-state index contributed by atoms with van der Waals surface area (Å²) in [4.78, 5) is 4.28. The lowest BCUT2D eigenvalue weighted by Gasteiger charge is -2.16. The summed E-state index contributed by atoms with van der Waals surface area (Å²) in [6.07, 6.45) is 2.03. The number of nitrogens with zero attached hydrogens (tertiary/aromatic N) is 1. The lowest BCUT2D eigenvalue weighted by molar-refractivity contribution is 0.482. The third-order valence-electron chi connectivity index (χ3n) is 2.09. The van der Waals surface area contributed by atoms with Crippen molar-refractivity contribution in [2.75, 3.05) is 0 Å². The van der Waals surface area contributed by atoms with Gasteiger partial charge in [0, 0.05) is 12.5 Å². The van der Waals surface area contributed by atoms with Crippen molar-refractivity contribution in [3.63, 3.8) is 0 Å². The number of rotatable bonds is 1. The first-order valence-corrected chi connectivity index (χ1v) is 4.75. The van der Waals surface area contributed by atoms with Crippen LogP contribution in [-0.4, -0.2) is 11.9 Å². The van der Waals surface area contributed by atoms with E-state index in [1.165, 1.54) is 0 Å². The molecular formula is C12H13NO. The number of hydrogen-bond acceptors (Lipinski definition) is 2. The van der Waals surface area contributed by atoms with E-state index in [0.29, 0.717) is 0 Å². The lowest BCUT2D eigenvalue weighted by Crippen LogP contribution is -2.11. The Morgan fingerprint density at radius 1 is 1.21 bits per heavy atom. The van der Waals surface area contributed by atoms with Crippen LogP contribution in [0.4, 0.5) is 0 Å². The summed E-state index contributed by atoms with van der Waals surface area (Å²) in [5.41, 5.74) is 1.11. The van der Waals surface area contributed by atoms with Gasteiger partial charge in [-0.1, -0.05) is 30.3 Å². The molecule has 0 aromatic heterocycles. The molecule has 2 heteroatoms. The van der Waals surface area contributed by atoms with Crippen LogP contribution in [-0.2, 0) is 4.74 Å². The number of benzene rings is 1. The fourth-order valence-corrected chi connectivity index (χ4v) is 1.52. The minimum atomic E-state index is 0.207. The maximum absolute atomic E-state index is 5.55. The Morgan fingerprint density at radius 3 is 2.57 bits per heavy atom. The molecule has 72 valence electrons. The van der Waals surface area contributed by atoms with Gasteiger partial charge in [0.25, 0.3) is 0 Å². The third-order valence-corrected chi connectivity index (χ3v) is 2.09. The van der Waals surface area contributed by atoms with Gasteiger partial charge in [-0.15, -0.1) is 0 Å². The predicted octanol–water partition coefficient (Wildman–Crippen LogP) is 2.86. The molecule has 2 rings (SSSR count). The van der Waals surface area contributed by atoms with Gasteiger partial charge in [0.05, 0.1) is 6.04 Å². The summed E-state index contributed by atoms with van der Waals surface area (Å²) in [5.74, 6) is 1.64.